The van der Waals surface area contributed by atoms with Crippen LogP contribution < -0.4 is 10.6 Å². The Morgan fingerprint density at radius 2 is 1.86 bits per heavy atom. The Labute approximate surface area is 148 Å². The second-order valence-corrected chi connectivity index (χ2v) is 8.05. The Balaban J connectivity index is 0.00000441. The molecule has 0 saturated heterocycles. The van der Waals surface area contributed by atoms with Crippen molar-refractivity contribution in [2.75, 3.05) is 19.8 Å². The van der Waals surface area contributed by atoms with Crippen molar-refractivity contribution in [3.05, 3.63) is 35.6 Å². The number of rotatable bonds is 5. The van der Waals surface area contributed by atoms with Crippen LogP contribution in [0.25, 0.3) is 0 Å². The van der Waals surface area contributed by atoms with E-state index in [-0.39, 0.29) is 42.9 Å². The van der Waals surface area contributed by atoms with Gasteiger partial charge in [0.25, 0.3) is 0 Å². The highest BCUT2D eigenvalue weighted by atomic mass is 127. The average Bonchev–Trinajstić information content (AvgIpc) is 2.39. The minimum absolute atomic E-state index is 0. The van der Waals surface area contributed by atoms with Gasteiger partial charge in [0.1, 0.15) is 5.82 Å². The van der Waals surface area contributed by atoms with Gasteiger partial charge in [0.05, 0.1) is 4.75 Å². The lowest BCUT2D eigenvalue weighted by Crippen LogP contribution is -2.47. The zero-order chi connectivity index (χ0) is 16.1. The molecule has 1 rings (SSSR count). The van der Waals surface area contributed by atoms with Crippen molar-refractivity contribution < 1.29 is 12.8 Å². The van der Waals surface area contributed by atoms with Crippen molar-refractivity contribution in [3.63, 3.8) is 0 Å². The van der Waals surface area contributed by atoms with Gasteiger partial charge in [-0.25, -0.2) is 12.8 Å². The van der Waals surface area contributed by atoms with Gasteiger partial charge in [0, 0.05) is 32.0 Å². The number of hydrogen-bond donors (Lipinski definition) is 2. The number of nitrogens with zero attached hydrogens (tertiary/aromatic N) is 1. The fourth-order valence-corrected chi connectivity index (χ4v) is 1.80. The number of guanidine groups is 1. The quantitative estimate of drug-likeness (QED) is 0.415. The summed E-state index contributed by atoms with van der Waals surface area (Å²) in [7, 11) is -1.61. The number of aliphatic imine (C=N–C) groups is 1. The van der Waals surface area contributed by atoms with Gasteiger partial charge in [-0.3, -0.25) is 4.99 Å². The monoisotopic (exact) mass is 443 g/mol. The average molecular weight is 443 g/mol. The molecule has 0 heterocycles. The normalized spacial score (nSPS) is 12.5. The summed E-state index contributed by atoms with van der Waals surface area (Å²) in [6.45, 7) is 3.76. The molecule has 0 aliphatic carbocycles. The summed E-state index contributed by atoms with van der Waals surface area (Å²) in [5.74, 6) is 0.131. The fraction of sp³-hybridized carbons (Fsp3) is 0.500. The third kappa shape index (κ3) is 6.07. The summed E-state index contributed by atoms with van der Waals surface area (Å²) in [6.07, 6.45) is 1.20. The standard InChI is InChI=1S/C14H22FN3O2S.HI/c1-14(2,21(4,19)20)10-18-13(16-3)17-9-11-7-5-6-8-12(11)15;/h5-8H,9-10H2,1-4H3,(H2,16,17,18);1H. The molecule has 5 nitrogen and oxygen atoms in total. The number of benzene rings is 1. The first-order chi connectivity index (χ1) is 9.67. The second kappa shape index (κ2) is 8.66. The summed E-state index contributed by atoms with van der Waals surface area (Å²) in [5, 5.41) is 5.90. The molecule has 0 aromatic heterocycles. The SMILES string of the molecule is CN=C(NCc1ccccc1F)NCC(C)(C)S(C)(=O)=O.I. The molecule has 0 radical (unpaired) electrons. The van der Waals surface area contributed by atoms with Gasteiger partial charge < -0.3 is 10.6 Å². The third-order valence-corrected chi connectivity index (χ3v) is 5.46. The van der Waals surface area contributed by atoms with Crippen LogP contribution in [0.3, 0.4) is 0 Å². The fourth-order valence-electron chi connectivity index (χ4n) is 1.47. The molecule has 0 saturated carbocycles. The van der Waals surface area contributed by atoms with E-state index in [0.29, 0.717) is 11.5 Å². The molecule has 126 valence electrons. The van der Waals surface area contributed by atoms with Gasteiger partial charge in [-0.05, 0) is 19.9 Å². The smallest absolute Gasteiger partial charge is 0.191 e. The van der Waals surface area contributed by atoms with E-state index in [4.69, 9.17) is 0 Å². The molecule has 1 aromatic rings. The van der Waals surface area contributed by atoms with E-state index < -0.39 is 14.6 Å². The molecule has 0 fully saturated rings. The maximum absolute atomic E-state index is 13.5. The third-order valence-electron chi connectivity index (χ3n) is 3.31. The van der Waals surface area contributed by atoms with Crippen LogP contribution in [-0.4, -0.2) is 39.0 Å². The first-order valence-electron chi connectivity index (χ1n) is 6.55. The first kappa shape index (κ1) is 21.1. The molecule has 0 atom stereocenters. The summed E-state index contributed by atoms with van der Waals surface area (Å²) in [4.78, 5) is 4.00. The van der Waals surface area contributed by atoms with Crippen LogP contribution in [0.4, 0.5) is 4.39 Å². The Kier molecular flexibility index (Phi) is 8.30. The minimum atomic E-state index is -3.19. The van der Waals surface area contributed by atoms with Gasteiger partial charge >= 0.3 is 0 Å². The van der Waals surface area contributed by atoms with Crippen molar-refractivity contribution in [3.8, 4) is 0 Å². The molecule has 0 aliphatic rings. The van der Waals surface area contributed by atoms with Crippen molar-refractivity contribution in [1.29, 1.82) is 0 Å². The van der Waals surface area contributed by atoms with Crippen LogP contribution in [0.2, 0.25) is 0 Å². The molecule has 0 bridgehead atoms. The number of nitrogens with one attached hydrogen (secondary N) is 2. The van der Waals surface area contributed by atoms with Crippen LogP contribution in [0.15, 0.2) is 29.3 Å². The molecule has 8 heteroatoms. The maximum Gasteiger partial charge on any atom is 0.191 e. The van der Waals surface area contributed by atoms with Gasteiger partial charge in [-0.2, -0.15) is 0 Å². The maximum atomic E-state index is 13.5. The van der Waals surface area contributed by atoms with E-state index in [1.807, 2.05) is 0 Å². The summed E-state index contributed by atoms with van der Waals surface area (Å²) in [6, 6.07) is 6.44. The van der Waals surface area contributed by atoms with E-state index >= 15 is 0 Å². The van der Waals surface area contributed by atoms with Gasteiger partial charge in [0.15, 0.2) is 15.8 Å². The van der Waals surface area contributed by atoms with Gasteiger partial charge in [-0.1, -0.05) is 18.2 Å². The van der Waals surface area contributed by atoms with Crippen molar-refractivity contribution >= 4 is 39.8 Å². The summed E-state index contributed by atoms with van der Waals surface area (Å²) >= 11 is 0. The second-order valence-electron chi connectivity index (χ2n) is 5.40. The first-order valence-corrected chi connectivity index (χ1v) is 8.44. The molecule has 2 N–H and O–H groups in total. The van der Waals surface area contributed by atoms with Crippen molar-refractivity contribution in [1.82, 2.24) is 10.6 Å². The van der Waals surface area contributed by atoms with E-state index in [2.05, 4.69) is 15.6 Å². The van der Waals surface area contributed by atoms with Gasteiger partial charge in [-0.15, -0.1) is 24.0 Å². The Morgan fingerprint density at radius 1 is 1.27 bits per heavy atom. The Hall–Kier alpha value is -0.900. The summed E-state index contributed by atoms with van der Waals surface area (Å²) < 4.78 is 35.8. The molecule has 1 aromatic carbocycles. The lowest BCUT2D eigenvalue weighted by molar-refractivity contribution is 0.544. The highest BCUT2D eigenvalue weighted by Crippen LogP contribution is 2.13. The van der Waals surface area contributed by atoms with E-state index in [0.717, 1.165) is 0 Å². The van der Waals surface area contributed by atoms with Crippen LogP contribution >= 0.6 is 24.0 Å². The highest BCUT2D eigenvalue weighted by Gasteiger charge is 2.30. The van der Waals surface area contributed by atoms with E-state index in [1.54, 1.807) is 39.1 Å². The van der Waals surface area contributed by atoms with Crippen molar-refractivity contribution in [2.45, 2.75) is 25.1 Å². The van der Waals surface area contributed by atoms with Crippen LogP contribution in [0.1, 0.15) is 19.4 Å². The zero-order valence-corrected chi connectivity index (χ0v) is 16.3. The molecular weight excluding hydrogens is 420 g/mol. The molecular formula is C14H23FIN3O2S. The molecule has 0 amide bonds. The minimum Gasteiger partial charge on any atom is -0.355 e. The Bertz CT molecular complexity index is 618. The topological polar surface area (TPSA) is 70.6 Å². The lowest BCUT2D eigenvalue weighted by atomic mass is 10.2. The number of sulfone groups is 1. The molecule has 0 unspecified atom stereocenters. The predicted molar refractivity (Wildman–Crippen MR) is 98.9 cm³/mol. The van der Waals surface area contributed by atoms with Crippen LogP contribution in [0.5, 0.6) is 0 Å². The molecule has 0 spiro atoms. The lowest BCUT2D eigenvalue weighted by Gasteiger charge is -2.24. The number of halogens is 2. The molecule has 0 aliphatic heterocycles. The van der Waals surface area contributed by atoms with Crippen LogP contribution in [0, 0.1) is 5.82 Å². The Morgan fingerprint density at radius 3 is 2.36 bits per heavy atom. The zero-order valence-electron chi connectivity index (χ0n) is 13.2. The number of hydrogen-bond acceptors (Lipinski definition) is 3. The predicted octanol–water partition coefficient (Wildman–Crippen LogP) is 1.93. The van der Waals surface area contributed by atoms with E-state index in [1.165, 1.54) is 12.3 Å². The molecule has 22 heavy (non-hydrogen) atoms. The van der Waals surface area contributed by atoms with Gasteiger partial charge in [0.2, 0.25) is 0 Å². The van der Waals surface area contributed by atoms with Crippen molar-refractivity contribution in [2.24, 2.45) is 4.99 Å². The van der Waals surface area contributed by atoms with E-state index in [9.17, 15) is 12.8 Å². The largest absolute Gasteiger partial charge is 0.355 e. The summed E-state index contributed by atoms with van der Waals surface area (Å²) in [5.41, 5.74) is 0.517. The highest BCUT2D eigenvalue weighted by molar-refractivity contribution is 14.0. The van der Waals surface area contributed by atoms with Crippen LogP contribution in [-0.2, 0) is 16.4 Å².